The monoisotopic (exact) mass is 433 g/mol. The van der Waals surface area contributed by atoms with E-state index < -0.39 is 0 Å². The average molecular weight is 434 g/mol. The smallest absolute Gasteiger partial charge is 0.267 e. The van der Waals surface area contributed by atoms with Crippen LogP contribution in [0.5, 0.6) is 0 Å². The van der Waals surface area contributed by atoms with Gasteiger partial charge in [-0.2, -0.15) is 5.10 Å². The maximum atomic E-state index is 12.3. The summed E-state index contributed by atoms with van der Waals surface area (Å²) in [5.74, 6) is -0.312. The van der Waals surface area contributed by atoms with Gasteiger partial charge in [-0.3, -0.25) is 9.59 Å². The summed E-state index contributed by atoms with van der Waals surface area (Å²) in [4.78, 5) is 24.5. The highest BCUT2D eigenvalue weighted by Crippen LogP contribution is 2.22. The first kappa shape index (κ1) is 18.1. The zero-order chi connectivity index (χ0) is 19.5. The van der Waals surface area contributed by atoms with Gasteiger partial charge in [-0.15, -0.1) is 0 Å². The van der Waals surface area contributed by atoms with E-state index in [-0.39, 0.29) is 18.0 Å². The Morgan fingerprint density at radius 2 is 1.68 bits per heavy atom. The van der Waals surface area contributed by atoms with Crippen LogP contribution in [-0.2, 0) is 11.3 Å². The van der Waals surface area contributed by atoms with E-state index in [0.717, 1.165) is 20.8 Å². The molecule has 0 radical (unpaired) electrons. The standard InChI is InChI=1S/C22H16BrN3O2/c23-18-7-9-19(10-8-18)24-21(27)14-26-22(28)12-11-20(25-26)17-6-5-15-3-1-2-4-16(15)13-17/h1-13H,14H2,(H,24,27). The second-order valence-electron chi connectivity index (χ2n) is 6.33. The Morgan fingerprint density at radius 3 is 2.46 bits per heavy atom. The van der Waals surface area contributed by atoms with Crippen LogP contribution in [0.4, 0.5) is 5.69 Å². The molecule has 0 atom stereocenters. The molecular formula is C22H16BrN3O2. The average Bonchev–Trinajstić information content (AvgIpc) is 2.71. The van der Waals surface area contributed by atoms with E-state index in [1.165, 1.54) is 10.7 Å². The summed E-state index contributed by atoms with van der Waals surface area (Å²) in [7, 11) is 0. The lowest BCUT2D eigenvalue weighted by molar-refractivity contribution is -0.117. The van der Waals surface area contributed by atoms with Gasteiger partial charge in [0.05, 0.1) is 5.69 Å². The molecule has 0 unspecified atom stereocenters. The molecular weight excluding hydrogens is 418 g/mol. The van der Waals surface area contributed by atoms with Crippen LogP contribution in [0.1, 0.15) is 0 Å². The summed E-state index contributed by atoms with van der Waals surface area (Å²) in [6.45, 7) is -0.156. The molecule has 4 rings (SSSR count). The third kappa shape index (κ3) is 4.02. The predicted octanol–water partition coefficient (Wildman–Crippen LogP) is 4.46. The van der Waals surface area contributed by atoms with Gasteiger partial charge in [-0.1, -0.05) is 52.3 Å². The number of hydrogen-bond acceptors (Lipinski definition) is 3. The van der Waals surface area contributed by atoms with Crippen molar-refractivity contribution < 1.29 is 4.79 Å². The van der Waals surface area contributed by atoms with Gasteiger partial charge in [0.25, 0.3) is 5.56 Å². The number of aromatic nitrogens is 2. The van der Waals surface area contributed by atoms with Crippen LogP contribution in [0, 0.1) is 0 Å². The number of carbonyl (C=O) groups excluding carboxylic acids is 1. The fourth-order valence-electron chi connectivity index (χ4n) is 2.93. The third-order valence-corrected chi connectivity index (χ3v) is 4.86. The second kappa shape index (κ2) is 7.78. The highest BCUT2D eigenvalue weighted by molar-refractivity contribution is 9.10. The van der Waals surface area contributed by atoms with E-state index in [1.54, 1.807) is 18.2 Å². The van der Waals surface area contributed by atoms with Crippen LogP contribution in [-0.4, -0.2) is 15.7 Å². The first-order valence-corrected chi connectivity index (χ1v) is 9.50. The minimum Gasteiger partial charge on any atom is -0.324 e. The molecule has 0 saturated heterocycles. The van der Waals surface area contributed by atoms with E-state index in [9.17, 15) is 9.59 Å². The first-order chi connectivity index (χ1) is 13.6. The highest BCUT2D eigenvalue weighted by Gasteiger charge is 2.09. The Hall–Kier alpha value is -3.25. The lowest BCUT2D eigenvalue weighted by Gasteiger charge is -2.09. The molecule has 1 heterocycles. The van der Waals surface area contributed by atoms with Gasteiger partial charge in [-0.25, -0.2) is 4.68 Å². The summed E-state index contributed by atoms with van der Waals surface area (Å²) < 4.78 is 2.10. The van der Waals surface area contributed by atoms with E-state index in [4.69, 9.17) is 0 Å². The van der Waals surface area contributed by atoms with Crippen molar-refractivity contribution in [3.05, 3.63) is 93.7 Å². The van der Waals surface area contributed by atoms with Crippen molar-refractivity contribution in [3.63, 3.8) is 0 Å². The Kier molecular flexibility index (Phi) is 5.04. The van der Waals surface area contributed by atoms with Gasteiger partial charge in [0.2, 0.25) is 5.91 Å². The Bertz CT molecular complexity index is 1220. The minimum atomic E-state index is -0.324. The number of carbonyl (C=O) groups is 1. The van der Waals surface area contributed by atoms with Crippen molar-refractivity contribution in [2.45, 2.75) is 6.54 Å². The third-order valence-electron chi connectivity index (χ3n) is 4.33. The van der Waals surface area contributed by atoms with Gasteiger partial charge in [0, 0.05) is 21.8 Å². The number of halogens is 1. The lowest BCUT2D eigenvalue weighted by atomic mass is 10.1. The Morgan fingerprint density at radius 1 is 0.929 bits per heavy atom. The van der Waals surface area contributed by atoms with Crippen molar-refractivity contribution in [1.29, 1.82) is 0 Å². The summed E-state index contributed by atoms with van der Waals surface area (Å²) in [6.07, 6.45) is 0. The maximum absolute atomic E-state index is 12.3. The molecule has 3 aromatic carbocycles. The fraction of sp³-hybridized carbons (Fsp3) is 0.0455. The fourth-order valence-corrected chi connectivity index (χ4v) is 3.20. The molecule has 1 aromatic heterocycles. The molecule has 1 amide bonds. The molecule has 0 saturated carbocycles. The van der Waals surface area contributed by atoms with E-state index in [2.05, 4.69) is 26.3 Å². The molecule has 138 valence electrons. The maximum Gasteiger partial charge on any atom is 0.267 e. The Balaban J connectivity index is 1.58. The number of nitrogens with one attached hydrogen (secondary N) is 1. The molecule has 28 heavy (non-hydrogen) atoms. The SMILES string of the molecule is O=C(Cn1nc(-c2ccc3ccccc3c2)ccc1=O)Nc1ccc(Br)cc1. The van der Waals surface area contributed by atoms with Gasteiger partial charge >= 0.3 is 0 Å². The van der Waals surface area contributed by atoms with Gasteiger partial charge in [0.1, 0.15) is 6.54 Å². The van der Waals surface area contributed by atoms with Crippen molar-refractivity contribution in [1.82, 2.24) is 9.78 Å². The molecule has 0 aliphatic carbocycles. The van der Waals surface area contributed by atoms with Gasteiger partial charge in [-0.05, 0) is 47.2 Å². The zero-order valence-corrected chi connectivity index (χ0v) is 16.4. The lowest BCUT2D eigenvalue weighted by Crippen LogP contribution is -2.29. The largest absolute Gasteiger partial charge is 0.324 e. The van der Waals surface area contributed by atoms with Crippen LogP contribution < -0.4 is 10.9 Å². The summed E-state index contributed by atoms with van der Waals surface area (Å²) in [6, 6.07) is 24.4. The highest BCUT2D eigenvalue weighted by atomic mass is 79.9. The predicted molar refractivity (Wildman–Crippen MR) is 114 cm³/mol. The first-order valence-electron chi connectivity index (χ1n) is 8.71. The number of fused-ring (bicyclic) bond motifs is 1. The molecule has 1 N–H and O–H groups in total. The van der Waals surface area contributed by atoms with E-state index in [0.29, 0.717) is 11.4 Å². The molecule has 5 nitrogen and oxygen atoms in total. The number of benzene rings is 3. The molecule has 0 bridgehead atoms. The summed E-state index contributed by atoms with van der Waals surface area (Å²) in [5, 5.41) is 9.37. The van der Waals surface area contributed by atoms with Gasteiger partial charge in [0.15, 0.2) is 0 Å². The van der Waals surface area contributed by atoms with Crippen LogP contribution in [0.15, 0.2) is 88.1 Å². The molecule has 0 aliphatic rings. The number of rotatable bonds is 4. The van der Waals surface area contributed by atoms with Crippen molar-refractivity contribution in [2.75, 3.05) is 5.32 Å². The van der Waals surface area contributed by atoms with E-state index in [1.807, 2.05) is 54.6 Å². The quantitative estimate of drug-likeness (QED) is 0.516. The molecule has 0 spiro atoms. The number of hydrogen-bond donors (Lipinski definition) is 1. The van der Waals surface area contributed by atoms with Crippen molar-refractivity contribution in [3.8, 4) is 11.3 Å². The van der Waals surface area contributed by atoms with Gasteiger partial charge < -0.3 is 5.32 Å². The topological polar surface area (TPSA) is 64.0 Å². The van der Waals surface area contributed by atoms with Crippen LogP contribution in [0.2, 0.25) is 0 Å². The second-order valence-corrected chi connectivity index (χ2v) is 7.25. The summed E-state index contributed by atoms with van der Waals surface area (Å²) in [5.41, 5.74) is 1.87. The Labute approximate surface area is 169 Å². The molecule has 4 aromatic rings. The minimum absolute atomic E-state index is 0.156. The number of anilines is 1. The normalized spacial score (nSPS) is 10.8. The van der Waals surface area contributed by atoms with Crippen LogP contribution in [0.25, 0.3) is 22.0 Å². The van der Waals surface area contributed by atoms with Crippen LogP contribution >= 0.6 is 15.9 Å². The van der Waals surface area contributed by atoms with Crippen LogP contribution in [0.3, 0.4) is 0 Å². The molecule has 0 fully saturated rings. The molecule has 0 aliphatic heterocycles. The van der Waals surface area contributed by atoms with Crippen molar-refractivity contribution in [2.24, 2.45) is 0 Å². The zero-order valence-electron chi connectivity index (χ0n) is 14.8. The molecule has 6 heteroatoms. The summed E-state index contributed by atoms with van der Waals surface area (Å²) >= 11 is 3.35. The number of nitrogens with zero attached hydrogens (tertiary/aromatic N) is 2. The number of amides is 1. The van der Waals surface area contributed by atoms with E-state index >= 15 is 0 Å². The van der Waals surface area contributed by atoms with Crippen molar-refractivity contribution >= 4 is 38.3 Å².